The maximum Gasteiger partial charge on any atom is 0.153 e. The first-order valence-electron chi connectivity index (χ1n) is 6.66. The molecule has 0 aromatic rings. The molecule has 1 aliphatic rings. The predicted molar refractivity (Wildman–Crippen MR) is 79.8 cm³/mol. The number of nitrogens with one attached hydrogen (secondary N) is 1. The van der Waals surface area contributed by atoms with Crippen LogP contribution >= 0.6 is 12.2 Å². The minimum atomic E-state index is -2.82. The fourth-order valence-corrected chi connectivity index (χ4v) is 3.76. The van der Waals surface area contributed by atoms with Crippen LogP contribution in [0.1, 0.15) is 32.6 Å². The van der Waals surface area contributed by atoms with Gasteiger partial charge in [-0.1, -0.05) is 38.4 Å². The van der Waals surface area contributed by atoms with Gasteiger partial charge in [-0.05, 0) is 13.5 Å². The molecule has 1 fully saturated rings. The van der Waals surface area contributed by atoms with Crippen LogP contribution in [0.3, 0.4) is 0 Å². The molecule has 1 atom stereocenters. The summed E-state index contributed by atoms with van der Waals surface area (Å²) in [7, 11) is -0.904. The van der Waals surface area contributed by atoms with E-state index in [1.807, 2.05) is 11.9 Å². The van der Waals surface area contributed by atoms with Crippen molar-refractivity contribution in [1.82, 2.24) is 10.2 Å². The molecule has 1 rings (SSSR count). The van der Waals surface area contributed by atoms with Crippen molar-refractivity contribution in [1.29, 1.82) is 0 Å². The number of unbranched alkanes of at least 4 members (excludes halogenated alkanes) is 2. The number of thiocarbonyl (C=S) groups is 1. The van der Waals surface area contributed by atoms with Crippen LogP contribution in [0.15, 0.2) is 0 Å². The van der Waals surface area contributed by atoms with Gasteiger partial charge in [-0.15, -0.1) is 0 Å². The third-order valence-electron chi connectivity index (χ3n) is 3.40. The van der Waals surface area contributed by atoms with Crippen LogP contribution in [-0.2, 0) is 9.84 Å². The zero-order valence-electron chi connectivity index (χ0n) is 11.3. The molecule has 0 aromatic carbocycles. The van der Waals surface area contributed by atoms with E-state index in [-0.39, 0.29) is 17.5 Å². The molecule has 0 radical (unpaired) electrons. The Morgan fingerprint density at radius 3 is 2.44 bits per heavy atom. The number of hydrogen-bond donors (Lipinski definition) is 1. The lowest BCUT2D eigenvalue weighted by atomic mass is 10.1. The molecule has 0 bridgehead atoms. The normalized spacial score (nSPS) is 20.7. The molecule has 0 aliphatic carbocycles. The number of likely N-dealkylation sites (N-methyl/N-ethyl adjacent to an activating group) is 1. The smallest absolute Gasteiger partial charge is 0.153 e. The molecule has 1 heterocycles. The summed E-state index contributed by atoms with van der Waals surface area (Å²) in [5.41, 5.74) is 0. The van der Waals surface area contributed by atoms with Gasteiger partial charge in [0.05, 0.1) is 22.5 Å². The third-order valence-corrected chi connectivity index (χ3v) is 5.55. The third kappa shape index (κ3) is 4.82. The Labute approximate surface area is 116 Å². The monoisotopic (exact) mass is 292 g/mol. The zero-order chi connectivity index (χ0) is 13.6. The van der Waals surface area contributed by atoms with Crippen LogP contribution in [0.2, 0.25) is 0 Å². The zero-order valence-corrected chi connectivity index (χ0v) is 12.9. The fourth-order valence-electron chi connectivity index (χ4n) is 2.14. The molecule has 1 saturated heterocycles. The summed E-state index contributed by atoms with van der Waals surface area (Å²) in [5.74, 6) is 0.469. The van der Waals surface area contributed by atoms with Gasteiger partial charge in [0.15, 0.2) is 9.84 Å². The van der Waals surface area contributed by atoms with Crippen molar-refractivity contribution in [3.63, 3.8) is 0 Å². The van der Waals surface area contributed by atoms with Gasteiger partial charge >= 0.3 is 0 Å². The van der Waals surface area contributed by atoms with Gasteiger partial charge in [0.1, 0.15) is 0 Å². The highest BCUT2D eigenvalue weighted by Crippen LogP contribution is 2.11. The van der Waals surface area contributed by atoms with Crippen molar-refractivity contribution >= 4 is 27.0 Å². The summed E-state index contributed by atoms with van der Waals surface area (Å²) >= 11 is 5.49. The van der Waals surface area contributed by atoms with Crippen molar-refractivity contribution in [3.05, 3.63) is 0 Å². The second-order valence-electron chi connectivity index (χ2n) is 4.81. The van der Waals surface area contributed by atoms with Gasteiger partial charge in [-0.25, -0.2) is 8.42 Å². The Bertz CT molecular complexity index is 354. The molecule has 0 saturated carbocycles. The molecule has 6 heteroatoms. The summed E-state index contributed by atoms with van der Waals surface area (Å²) < 4.78 is 22.8. The first-order chi connectivity index (χ1) is 8.50. The SMILES string of the molecule is CCCCCC(NC)C(=S)N1CCS(=O)(=O)CC1. The van der Waals surface area contributed by atoms with Crippen molar-refractivity contribution in [2.75, 3.05) is 31.6 Å². The molecular formula is C12H24N2O2S2. The first kappa shape index (κ1) is 15.9. The molecule has 106 valence electrons. The Morgan fingerprint density at radius 2 is 1.94 bits per heavy atom. The van der Waals surface area contributed by atoms with Gasteiger partial charge in [0.2, 0.25) is 0 Å². The Morgan fingerprint density at radius 1 is 1.33 bits per heavy atom. The van der Waals surface area contributed by atoms with E-state index >= 15 is 0 Å². The topological polar surface area (TPSA) is 49.4 Å². The lowest BCUT2D eigenvalue weighted by molar-refractivity contribution is 0.421. The second-order valence-corrected chi connectivity index (χ2v) is 7.54. The summed E-state index contributed by atoms with van der Waals surface area (Å²) in [6.07, 6.45) is 4.61. The highest BCUT2D eigenvalue weighted by Gasteiger charge is 2.26. The average molecular weight is 292 g/mol. The molecular weight excluding hydrogens is 268 g/mol. The maximum absolute atomic E-state index is 11.4. The minimum absolute atomic E-state index is 0.201. The maximum atomic E-state index is 11.4. The second kappa shape index (κ2) is 7.40. The van der Waals surface area contributed by atoms with Crippen LogP contribution in [0, 0.1) is 0 Å². The molecule has 0 amide bonds. The number of rotatable bonds is 6. The highest BCUT2D eigenvalue weighted by molar-refractivity contribution is 7.91. The summed E-state index contributed by atoms with van der Waals surface area (Å²) in [6.45, 7) is 3.28. The minimum Gasteiger partial charge on any atom is -0.363 e. The first-order valence-corrected chi connectivity index (χ1v) is 8.89. The Balaban J connectivity index is 2.46. The molecule has 18 heavy (non-hydrogen) atoms. The van der Waals surface area contributed by atoms with E-state index in [4.69, 9.17) is 12.2 Å². The Kier molecular flexibility index (Phi) is 6.52. The standard InChI is InChI=1S/C12H24N2O2S2/c1-3-4-5-6-11(13-2)12(17)14-7-9-18(15,16)10-8-14/h11,13H,3-10H2,1-2H3. The fraction of sp³-hybridized carbons (Fsp3) is 0.917. The van der Waals surface area contributed by atoms with Crippen LogP contribution in [0.4, 0.5) is 0 Å². The number of sulfone groups is 1. The summed E-state index contributed by atoms with van der Waals surface area (Å²) in [5, 5.41) is 3.25. The highest BCUT2D eigenvalue weighted by atomic mass is 32.2. The van der Waals surface area contributed by atoms with E-state index in [1.54, 1.807) is 0 Å². The van der Waals surface area contributed by atoms with Crippen LogP contribution in [0.25, 0.3) is 0 Å². The molecule has 1 aliphatic heterocycles. The van der Waals surface area contributed by atoms with Crippen molar-refractivity contribution in [2.24, 2.45) is 0 Å². The lowest BCUT2D eigenvalue weighted by Crippen LogP contribution is -2.50. The van der Waals surface area contributed by atoms with Gasteiger partial charge in [-0.3, -0.25) is 0 Å². The van der Waals surface area contributed by atoms with Crippen molar-refractivity contribution < 1.29 is 8.42 Å². The molecule has 1 unspecified atom stereocenters. The largest absolute Gasteiger partial charge is 0.363 e. The number of hydrogen-bond acceptors (Lipinski definition) is 4. The molecule has 4 nitrogen and oxygen atoms in total. The number of nitrogens with zero attached hydrogens (tertiary/aromatic N) is 1. The van der Waals surface area contributed by atoms with Crippen molar-refractivity contribution in [2.45, 2.75) is 38.6 Å². The average Bonchev–Trinajstić information content (AvgIpc) is 2.34. The van der Waals surface area contributed by atoms with E-state index in [9.17, 15) is 8.42 Å². The Hall–Kier alpha value is -0.200. The van der Waals surface area contributed by atoms with E-state index in [0.29, 0.717) is 13.1 Å². The van der Waals surface area contributed by atoms with Gasteiger partial charge in [0.25, 0.3) is 0 Å². The summed E-state index contributed by atoms with van der Waals surface area (Å²) in [6, 6.07) is 0.201. The molecule has 0 aromatic heterocycles. The van der Waals surface area contributed by atoms with E-state index in [2.05, 4.69) is 12.2 Å². The lowest BCUT2D eigenvalue weighted by Gasteiger charge is -2.32. The predicted octanol–water partition coefficient (Wildman–Crippen LogP) is 1.21. The van der Waals surface area contributed by atoms with Gasteiger partial charge < -0.3 is 10.2 Å². The molecule has 1 N–H and O–H groups in total. The quantitative estimate of drug-likeness (QED) is 0.589. The summed E-state index contributed by atoms with van der Waals surface area (Å²) in [4.78, 5) is 2.92. The van der Waals surface area contributed by atoms with E-state index in [0.717, 1.165) is 17.8 Å². The molecule has 0 spiro atoms. The van der Waals surface area contributed by atoms with Crippen LogP contribution in [-0.4, -0.2) is 56.0 Å². The van der Waals surface area contributed by atoms with E-state index in [1.165, 1.54) is 12.8 Å². The van der Waals surface area contributed by atoms with Crippen LogP contribution in [0.5, 0.6) is 0 Å². The van der Waals surface area contributed by atoms with Crippen LogP contribution < -0.4 is 5.32 Å². The van der Waals surface area contributed by atoms with Gasteiger partial charge in [-0.2, -0.15) is 0 Å². The van der Waals surface area contributed by atoms with Gasteiger partial charge in [0, 0.05) is 13.1 Å². The van der Waals surface area contributed by atoms with E-state index < -0.39 is 9.84 Å². The van der Waals surface area contributed by atoms with Crippen molar-refractivity contribution in [3.8, 4) is 0 Å².